The van der Waals surface area contributed by atoms with E-state index in [9.17, 15) is 18.3 Å². The number of allylic oxidation sites excluding steroid dienone is 1. The van der Waals surface area contributed by atoms with Crippen LogP contribution in [0.2, 0.25) is 0 Å². The standard InChI is InChI=1S/C17H23F3N2OS2.C8H14N2S.C2H6/c1-4-15(24-3)25-22-11-9-21(10-12-22)14-7-5-13(6-8-14)16(2,23)17(18,19)20;1-10(11-2)7-8-4-3-5-9-6-8;1-2/h4-8,23H,9-12H2,1-3H3;5-6H,3-4,7H2,1-2H3;1-2H3/b15-4+;;. The van der Waals surface area contributed by atoms with Gasteiger partial charge in [-0.05, 0) is 81.5 Å². The summed E-state index contributed by atoms with van der Waals surface area (Å²) in [6.45, 7) is 11.2. The molecule has 216 valence electrons. The Morgan fingerprint density at radius 1 is 1.11 bits per heavy atom. The Kier molecular flexibility index (Phi) is 16.1. The molecule has 1 fully saturated rings. The predicted octanol–water partition coefficient (Wildman–Crippen LogP) is 7.42. The van der Waals surface area contributed by atoms with Crippen molar-refractivity contribution in [1.29, 1.82) is 0 Å². The first-order valence-electron chi connectivity index (χ1n) is 12.7. The molecule has 1 aromatic rings. The monoisotopic (exact) mass is 592 g/mol. The second-order valence-electron chi connectivity index (χ2n) is 8.56. The lowest BCUT2D eigenvalue weighted by atomic mass is 9.95. The van der Waals surface area contributed by atoms with Crippen LogP contribution in [-0.2, 0) is 5.60 Å². The highest BCUT2D eigenvalue weighted by atomic mass is 32.2. The van der Waals surface area contributed by atoms with E-state index in [0.29, 0.717) is 0 Å². The van der Waals surface area contributed by atoms with E-state index >= 15 is 0 Å². The highest BCUT2D eigenvalue weighted by Crippen LogP contribution is 2.39. The molecule has 3 rings (SSSR count). The molecule has 2 aliphatic heterocycles. The number of hydrogen-bond acceptors (Lipinski definition) is 8. The number of hydrogen-bond donors (Lipinski definition) is 1. The van der Waals surface area contributed by atoms with Crippen molar-refractivity contribution in [3.05, 3.63) is 51.9 Å². The van der Waals surface area contributed by atoms with Gasteiger partial charge in [0, 0.05) is 50.8 Å². The summed E-state index contributed by atoms with van der Waals surface area (Å²) in [5.41, 5.74) is -0.663. The predicted molar refractivity (Wildman–Crippen MR) is 164 cm³/mol. The maximum absolute atomic E-state index is 12.9. The van der Waals surface area contributed by atoms with E-state index in [4.69, 9.17) is 0 Å². The van der Waals surface area contributed by atoms with Gasteiger partial charge in [0.2, 0.25) is 0 Å². The molecule has 1 N–H and O–H groups in total. The van der Waals surface area contributed by atoms with Crippen molar-refractivity contribution in [2.45, 2.75) is 52.3 Å². The lowest BCUT2D eigenvalue weighted by Gasteiger charge is -2.35. The Hall–Kier alpha value is -1.11. The van der Waals surface area contributed by atoms with Crippen LogP contribution in [0.3, 0.4) is 0 Å². The van der Waals surface area contributed by atoms with Crippen molar-refractivity contribution < 1.29 is 18.3 Å². The summed E-state index contributed by atoms with van der Waals surface area (Å²) in [4.78, 5) is 6.27. The number of aliphatic hydroxyl groups is 1. The molecule has 1 unspecified atom stereocenters. The van der Waals surface area contributed by atoms with Crippen LogP contribution in [0.1, 0.15) is 46.1 Å². The van der Waals surface area contributed by atoms with Gasteiger partial charge >= 0.3 is 6.18 Å². The van der Waals surface area contributed by atoms with E-state index in [1.807, 2.05) is 33.2 Å². The molecule has 0 saturated carbocycles. The zero-order valence-corrected chi connectivity index (χ0v) is 26.0. The Balaban J connectivity index is 0.000000463. The van der Waals surface area contributed by atoms with Crippen LogP contribution in [0.25, 0.3) is 0 Å². The SMILES string of the molecule is C/C=C(\SC)SN1CCN(c2ccc(C(C)(O)C(F)(F)F)cc2)CC1.CC.CSN(C)CC1=CN=CCC1. The lowest BCUT2D eigenvalue weighted by molar-refractivity contribution is -0.258. The number of thioether (sulfide) groups is 1. The van der Waals surface area contributed by atoms with E-state index < -0.39 is 11.8 Å². The van der Waals surface area contributed by atoms with E-state index in [-0.39, 0.29) is 5.56 Å². The topological polar surface area (TPSA) is 42.3 Å². The molecule has 0 radical (unpaired) electrons. The summed E-state index contributed by atoms with van der Waals surface area (Å²) < 4.78 is 44.5. The molecule has 0 bridgehead atoms. The molecule has 2 aliphatic rings. The van der Waals surface area contributed by atoms with Gasteiger partial charge in [0.25, 0.3) is 0 Å². The number of nitrogens with zero attached hydrogens (tertiary/aromatic N) is 4. The molecule has 1 saturated heterocycles. The summed E-state index contributed by atoms with van der Waals surface area (Å²) in [7, 11) is 2.10. The van der Waals surface area contributed by atoms with Gasteiger partial charge in [-0.25, -0.2) is 8.61 Å². The highest BCUT2D eigenvalue weighted by Gasteiger charge is 2.51. The number of anilines is 1. The summed E-state index contributed by atoms with van der Waals surface area (Å²) >= 11 is 5.22. The zero-order valence-electron chi connectivity index (χ0n) is 23.6. The molecule has 0 aromatic heterocycles. The van der Waals surface area contributed by atoms with Crippen LogP contribution in [0.15, 0.2) is 51.3 Å². The van der Waals surface area contributed by atoms with Crippen LogP contribution in [0, 0.1) is 0 Å². The van der Waals surface area contributed by atoms with E-state index in [1.54, 1.807) is 47.8 Å². The molecular weight excluding hydrogens is 550 g/mol. The molecule has 0 aliphatic carbocycles. The summed E-state index contributed by atoms with van der Waals surface area (Å²) in [5, 5.41) is 9.73. The van der Waals surface area contributed by atoms with E-state index in [2.05, 4.69) is 44.1 Å². The van der Waals surface area contributed by atoms with Crippen LogP contribution in [0.4, 0.5) is 18.9 Å². The Bertz CT molecular complexity index is 898. The molecule has 1 atom stereocenters. The molecule has 11 heteroatoms. The Morgan fingerprint density at radius 3 is 2.16 bits per heavy atom. The van der Waals surface area contributed by atoms with Crippen LogP contribution in [0.5, 0.6) is 0 Å². The fourth-order valence-electron chi connectivity index (χ4n) is 3.55. The third kappa shape index (κ3) is 11.2. The summed E-state index contributed by atoms with van der Waals surface area (Å²) in [6, 6.07) is 6.01. The minimum atomic E-state index is -4.70. The van der Waals surface area contributed by atoms with Gasteiger partial charge in [-0.1, -0.05) is 44.0 Å². The fraction of sp³-hybridized carbons (Fsp3) is 0.593. The Morgan fingerprint density at radius 2 is 1.71 bits per heavy atom. The lowest BCUT2D eigenvalue weighted by Crippen LogP contribution is -2.43. The fourth-order valence-corrected chi connectivity index (χ4v) is 5.40. The second kappa shape index (κ2) is 17.6. The number of alkyl halides is 3. The first-order valence-corrected chi connectivity index (χ1v) is 15.9. The first kappa shape index (κ1) is 34.9. The van der Waals surface area contributed by atoms with Gasteiger partial charge < -0.3 is 10.0 Å². The van der Waals surface area contributed by atoms with Gasteiger partial charge in [0.15, 0.2) is 5.60 Å². The quantitative estimate of drug-likeness (QED) is 0.315. The number of halogens is 3. The van der Waals surface area contributed by atoms with E-state index in [1.165, 1.54) is 28.4 Å². The van der Waals surface area contributed by atoms with Crippen molar-refractivity contribution in [2.75, 3.05) is 57.2 Å². The molecule has 0 amide bonds. The van der Waals surface area contributed by atoms with Crippen molar-refractivity contribution in [1.82, 2.24) is 8.61 Å². The Labute approximate surface area is 240 Å². The molecular formula is C27H43F3N4OS3. The maximum atomic E-state index is 12.9. The summed E-state index contributed by atoms with van der Waals surface area (Å²) in [5.74, 6) is 0. The third-order valence-corrected chi connectivity index (χ3v) is 9.09. The molecule has 1 aromatic carbocycles. The van der Waals surface area contributed by atoms with E-state index in [0.717, 1.165) is 51.8 Å². The van der Waals surface area contributed by atoms with Gasteiger partial charge in [-0.3, -0.25) is 4.99 Å². The van der Waals surface area contributed by atoms with Crippen molar-refractivity contribution in [3.63, 3.8) is 0 Å². The average Bonchev–Trinajstić information content (AvgIpc) is 2.93. The van der Waals surface area contributed by atoms with Crippen molar-refractivity contribution in [3.8, 4) is 0 Å². The third-order valence-electron chi connectivity index (χ3n) is 5.94. The molecule has 2 heterocycles. The minimum Gasteiger partial charge on any atom is -0.376 e. The van der Waals surface area contributed by atoms with Gasteiger partial charge in [-0.15, -0.1) is 11.8 Å². The largest absolute Gasteiger partial charge is 0.421 e. The summed E-state index contributed by atoms with van der Waals surface area (Å²) in [6.07, 6.45) is 7.77. The van der Waals surface area contributed by atoms with Gasteiger partial charge in [0.1, 0.15) is 0 Å². The second-order valence-corrected chi connectivity index (χ2v) is 11.8. The smallest absolute Gasteiger partial charge is 0.376 e. The maximum Gasteiger partial charge on any atom is 0.421 e. The van der Waals surface area contributed by atoms with Gasteiger partial charge in [-0.2, -0.15) is 13.2 Å². The van der Waals surface area contributed by atoms with Crippen LogP contribution < -0.4 is 4.90 Å². The number of benzene rings is 1. The number of rotatable bonds is 8. The number of likely N-dealkylation sites (N-methyl/N-ethyl adjacent to an activating group) is 1. The average molecular weight is 593 g/mol. The molecule has 0 spiro atoms. The zero-order chi connectivity index (χ0) is 28.8. The normalized spacial score (nSPS) is 18.2. The van der Waals surface area contributed by atoms with Crippen molar-refractivity contribution in [2.24, 2.45) is 4.99 Å². The van der Waals surface area contributed by atoms with Crippen LogP contribution >= 0.6 is 35.7 Å². The van der Waals surface area contributed by atoms with Crippen LogP contribution in [-0.4, -0.2) is 78.4 Å². The first-order chi connectivity index (χ1) is 18.0. The molecule has 5 nitrogen and oxygen atoms in total. The number of piperazine rings is 1. The minimum absolute atomic E-state index is 0.143. The highest BCUT2D eigenvalue weighted by molar-refractivity contribution is 8.20. The van der Waals surface area contributed by atoms with Crippen molar-refractivity contribution >= 4 is 47.6 Å². The molecule has 38 heavy (non-hydrogen) atoms. The van der Waals surface area contributed by atoms with Gasteiger partial charge in [0.05, 0.1) is 4.24 Å². The number of aliphatic imine (C=N–C) groups is 1.